The van der Waals surface area contributed by atoms with E-state index in [1.165, 1.54) is 0 Å². The Morgan fingerprint density at radius 1 is 1.33 bits per heavy atom. The molecule has 2 atom stereocenters. The van der Waals surface area contributed by atoms with Crippen LogP contribution in [0.25, 0.3) is 0 Å². The van der Waals surface area contributed by atoms with E-state index in [0.717, 1.165) is 12.8 Å². The van der Waals surface area contributed by atoms with E-state index in [1.807, 2.05) is 13.8 Å². The number of nitrogens with two attached hydrogens (primary N) is 1. The lowest BCUT2D eigenvalue weighted by atomic mass is 9.95. The Morgan fingerprint density at radius 3 is 2.43 bits per heavy atom. The van der Waals surface area contributed by atoms with Gasteiger partial charge in [0.25, 0.3) is 0 Å². The average Bonchev–Trinajstić information content (AvgIpc) is 2.51. The Bertz CT molecular complexity index is 480. The lowest BCUT2D eigenvalue weighted by Gasteiger charge is -2.29. The fraction of sp³-hybridized carbons (Fsp3) is 0.600. The van der Waals surface area contributed by atoms with Crippen LogP contribution in [0.15, 0.2) is 24.3 Å². The van der Waals surface area contributed by atoms with E-state index in [0.29, 0.717) is 22.9 Å². The number of benzene rings is 1. The van der Waals surface area contributed by atoms with Crippen LogP contribution in [-0.2, 0) is 14.7 Å². The van der Waals surface area contributed by atoms with Gasteiger partial charge < -0.3 is 15.4 Å². The molecule has 1 rings (SSSR count). The molecule has 6 heteroatoms. The zero-order chi connectivity index (χ0) is 15.9. The first-order valence-corrected chi connectivity index (χ1v) is 9.67. The molecule has 3 N–H and O–H groups in total. The van der Waals surface area contributed by atoms with Crippen LogP contribution >= 0.6 is 19.0 Å². The molecule has 0 fully saturated rings. The zero-order valence-electron chi connectivity index (χ0n) is 12.7. The van der Waals surface area contributed by atoms with Gasteiger partial charge in [-0.15, -0.1) is 0 Å². The van der Waals surface area contributed by atoms with Gasteiger partial charge in [-0.3, -0.25) is 4.57 Å². The van der Waals surface area contributed by atoms with Gasteiger partial charge in [-0.1, -0.05) is 44.0 Å². The molecule has 0 heterocycles. The monoisotopic (exact) mass is 333 g/mol. The predicted molar refractivity (Wildman–Crippen MR) is 88.3 cm³/mol. The summed E-state index contributed by atoms with van der Waals surface area (Å²) in [5.74, 6) is 0. The summed E-state index contributed by atoms with van der Waals surface area (Å²) in [5, 5.41) is 11.2. The van der Waals surface area contributed by atoms with Crippen LogP contribution in [0.3, 0.4) is 0 Å². The van der Waals surface area contributed by atoms with Crippen LogP contribution in [0, 0.1) is 0 Å². The fourth-order valence-corrected chi connectivity index (χ4v) is 3.96. The van der Waals surface area contributed by atoms with Crippen LogP contribution in [0.5, 0.6) is 0 Å². The minimum Gasteiger partial charge on any atom is -0.381 e. The van der Waals surface area contributed by atoms with Gasteiger partial charge in [0.05, 0.1) is 6.61 Å². The van der Waals surface area contributed by atoms with Crippen LogP contribution in [0.4, 0.5) is 0 Å². The van der Waals surface area contributed by atoms with E-state index in [-0.39, 0.29) is 13.2 Å². The van der Waals surface area contributed by atoms with E-state index in [9.17, 15) is 9.67 Å². The topological polar surface area (TPSA) is 72.5 Å². The van der Waals surface area contributed by atoms with Crippen molar-refractivity contribution in [1.29, 1.82) is 0 Å². The first-order valence-electron chi connectivity index (χ1n) is 7.30. The molecule has 0 radical (unpaired) electrons. The maximum absolute atomic E-state index is 12.6. The number of hydrogen-bond donors (Lipinski definition) is 2. The second-order valence-electron chi connectivity index (χ2n) is 5.22. The normalized spacial score (nSPS) is 17.2. The third kappa shape index (κ3) is 5.39. The number of hydrogen-bond acceptors (Lipinski definition) is 4. The molecule has 0 aliphatic heterocycles. The molecule has 4 nitrogen and oxygen atoms in total. The highest BCUT2D eigenvalue weighted by Crippen LogP contribution is 2.48. The van der Waals surface area contributed by atoms with E-state index in [1.54, 1.807) is 24.3 Å². The summed E-state index contributed by atoms with van der Waals surface area (Å²) in [6, 6.07) is 6.80. The summed E-state index contributed by atoms with van der Waals surface area (Å²) < 4.78 is 18.2. The molecule has 0 bridgehead atoms. The maximum Gasteiger partial charge on any atom is 0.203 e. The molecule has 0 spiro atoms. The highest BCUT2D eigenvalue weighted by atomic mass is 35.5. The number of rotatable bonds is 9. The summed E-state index contributed by atoms with van der Waals surface area (Å²) in [6.45, 7) is 3.82. The number of halogens is 1. The minimum absolute atomic E-state index is 0.00781. The Labute approximate surface area is 132 Å². The van der Waals surface area contributed by atoms with Crippen LogP contribution < -0.4 is 5.73 Å². The molecule has 0 saturated carbocycles. The van der Waals surface area contributed by atoms with Crippen molar-refractivity contribution in [1.82, 2.24) is 0 Å². The molecular weight excluding hydrogens is 309 g/mol. The fourth-order valence-electron chi connectivity index (χ4n) is 1.96. The van der Waals surface area contributed by atoms with E-state index < -0.39 is 13.0 Å². The molecular formula is C15H25ClNO3P. The third-order valence-corrected chi connectivity index (χ3v) is 6.40. The quantitative estimate of drug-likeness (QED) is 0.677. The molecule has 1 aromatic rings. The average molecular weight is 334 g/mol. The van der Waals surface area contributed by atoms with Gasteiger partial charge in [0.2, 0.25) is 7.37 Å². The van der Waals surface area contributed by atoms with Gasteiger partial charge in [0.15, 0.2) is 0 Å². The van der Waals surface area contributed by atoms with Crippen molar-refractivity contribution < 1.29 is 14.2 Å². The van der Waals surface area contributed by atoms with Crippen molar-refractivity contribution in [3.05, 3.63) is 34.9 Å². The summed E-state index contributed by atoms with van der Waals surface area (Å²) in [7, 11) is -2.70. The third-order valence-electron chi connectivity index (χ3n) is 3.59. The molecule has 1 aromatic carbocycles. The highest BCUT2D eigenvalue weighted by Gasteiger charge is 2.32. The lowest BCUT2D eigenvalue weighted by molar-refractivity contribution is -0.000631. The Balaban J connectivity index is 2.81. The predicted octanol–water partition coefficient (Wildman–Crippen LogP) is 3.60. The van der Waals surface area contributed by atoms with Gasteiger partial charge in [0.1, 0.15) is 5.60 Å². The van der Waals surface area contributed by atoms with Crippen LogP contribution in [-0.4, -0.2) is 30.6 Å². The highest BCUT2D eigenvalue weighted by molar-refractivity contribution is 7.58. The van der Waals surface area contributed by atoms with Gasteiger partial charge in [0, 0.05) is 23.9 Å². The van der Waals surface area contributed by atoms with Gasteiger partial charge in [-0.25, -0.2) is 0 Å². The first kappa shape index (κ1) is 18.7. The summed E-state index contributed by atoms with van der Waals surface area (Å²) in [4.78, 5) is 0. The molecule has 0 saturated heterocycles. The van der Waals surface area contributed by atoms with Gasteiger partial charge in [-0.05, 0) is 24.1 Å². The first-order chi connectivity index (χ1) is 9.89. The van der Waals surface area contributed by atoms with Crippen LogP contribution in [0.1, 0.15) is 32.3 Å². The van der Waals surface area contributed by atoms with E-state index in [4.69, 9.17) is 21.9 Å². The maximum atomic E-state index is 12.6. The smallest absolute Gasteiger partial charge is 0.203 e. The summed E-state index contributed by atoms with van der Waals surface area (Å²) >= 11 is 5.85. The molecule has 0 aliphatic carbocycles. The van der Waals surface area contributed by atoms with Crippen molar-refractivity contribution in [2.75, 3.05) is 25.5 Å². The summed E-state index contributed by atoms with van der Waals surface area (Å²) in [6.07, 6.45) is 2.83. The Hall–Kier alpha value is -0.380. The largest absolute Gasteiger partial charge is 0.381 e. The van der Waals surface area contributed by atoms with Crippen molar-refractivity contribution in [2.24, 2.45) is 5.73 Å². The van der Waals surface area contributed by atoms with Crippen molar-refractivity contribution in [3.8, 4) is 0 Å². The van der Waals surface area contributed by atoms with E-state index in [2.05, 4.69) is 0 Å². The molecule has 0 aliphatic rings. The van der Waals surface area contributed by atoms with Gasteiger partial charge in [-0.2, -0.15) is 0 Å². The molecule has 0 aromatic heterocycles. The van der Waals surface area contributed by atoms with Crippen molar-refractivity contribution in [3.63, 3.8) is 0 Å². The van der Waals surface area contributed by atoms with Crippen molar-refractivity contribution >= 4 is 19.0 Å². The molecule has 0 amide bonds. The van der Waals surface area contributed by atoms with Gasteiger partial charge >= 0.3 is 0 Å². The standard InChI is InChI=1S/C15H25ClNO3P/c1-3-5-10-21(19,4-2)20-12-15(18,11-17)13-6-8-14(16)9-7-13/h6-9,18H,3-5,10-12,17H2,1-2H3. The molecule has 21 heavy (non-hydrogen) atoms. The van der Waals surface area contributed by atoms with Crippen molar-refractivity contribution in [2.45, 2.75) is 32.3 Å². The Kier molecular flexibility index (Phi) is 7.38. The zero-order valence-corrected chi connectivity index (χ0v) is 14.4. The SMILES string of the molecule is CCCCP(=O)(CC)OCC(O)(CN)c1ccc(Cl)cc1. The second-order valence-corrected chi connectivity index (χ2v) is 8.63. The number of unbranched alkanes of at least 4 members (excludes halogenated alkanes) is 1. The molecule has 120 valence electrons. The second kappa shape index (κ2) is 8.30. The summed E-state index contributed by atoms with van der Waals surface area (Å²) in [5.41, 5.74) is 4.97. The lowest BCUT2D eigenvalue weighted by Crippen LogP contribution is -2.39. The van der Waals surface area contributed by atoms with Crippen LogP contribution in [0.2, 0.25) is 5.02 Å². The Morgan fingerprint density at radius 2 is 1.95 bits per heavy atom. The minimum atomic E-state index is -2.70. The van der Waals surface area contributed by atoms with E-state index >= 15 is 0 Å². The molecule has 2 unspecified atom stereocenters. The number of aliphatic hydroxyl groups is 1.